The van der Waals surface area contributed by atoms with Crippen molar-refractivity contribution in [2.45, 2.75) is 20.3 Å². The summed E-state index contributed by atoms with van der Waals surface area (Å²) in [5, 5.41) is 0. The molecule has 0 aliphatic rings. The zero-order valence-electron chi connectivity index (χ0n) is 9.42. The van der Waals surface area contributed by atoms with E-state index in [0.29, 0.717) is 0 Å². The lowest BCUT2D eigenvalue weighted by Gasteiger charge is -2.18. The lowest BCUT2D eigenvalue weighted by molar-refractivity contribution is 0.146. The average Bonchev–Trinajstić information content (AvgIpc) is 2.22. The Bertz CT molecular complexity index is 161. The number of hydrogen-bond donors (Lipinski definition) is 2. The first kappa shape index (κ1) is 13.2. The average molecular weight is 202 g/mol. The van der Waals surface area contributed by atoms with Gasteiger partial charge >= 0.3 is 0 Å². The molecular weight excluding hydrogens is 180 g/mol. The van der Waals surface area contributed by atoms with Crippen molar-refractivity contribution in [3.05, 3.63) is 0 Å². The van der Waals surface area contributed by atoms with Crippen LogP contribution in [0.2, 0.25) is 0 Å². The molecule has 0 bridgehead atoms. The minimum Gasteiger partial charge on any atom is -0.382 e. The second-order valence-electron chi connectivity index (χ2n) is 2.91. The molecule has 0 rings (SSSR count). The molecule has 0 heterocycles. The van der Waals surface area contributed by atoms with Gasteiger partial charge in [0, 0.05) is 33.4 Å². The molecule has 0 unspecified atom stereocenters. The highest BCUT2D eigenvalue weighted by Crippen LogP contribution is 1.87. The van der Waals surface area contributed by atoms with Crippen molar-refractivity contribution < 1.29 is 4.74 Å². The molecule has 0 fully saturated rings. The van der Waals surface area contributed by atoms with Crippen LogP contribution in [0.3, 0.4) is 0 Å². The topological polar surface area (TPSA) is 62.9 Å². The molecule has 0 saturated heterocycles. The molecule has 0 aromatic heterocycles. The van der Waals surface area contributed by atoms with Crippen LogP contribution in [0.1, 0.15) is 20.3 Å². The number of nitrogens with two attached hydrogens (primary N) is 1. The van der Waals surface area contributed by atoms with E-state index in [1.165, 1.54) is 0 Å². The maximum Gasteiger partial charge on any atom is 0.208 e. The summed E-state index contributed by atoms with van der Waals surface area (Å²) in [4.78, 5) is 6.27. The fourth-order valence-electron chi connectivity index (χ4n) is 0.922. The Morgan fingerprint density at radius 3 is 2.71 bits per heavy atom. The van der Waals surface area contributed by atoms with Crippen molar-refractivity contribution in [2.24, 2.45) is 10.8 Å². The van der Waals surface area contributed by atoms with E-state index in [4.69, 9.17) is 10.6 Å². The Morgan fingerprint density at radius 1 is 1.50 bits per heavy atom. The summed E-state index contributed by atoms with van der Waals surface area (Å²) in [6.45, 7) is 7.18. The maximum atomic E-state index is 5.34. The van der Waals surface area contributed by atoms with Crippen LogP contribution in [0.4, 0.5) is 0 Å². The van der Waals surface area contributed by atoms with Gasteiger partial charge in [-0.25, -0.2) is 5.84 Å². The van der Waals surface area contributed by atoms with Crippen molar-refractivity contribution in [1.82, 2.24) is 10.3 Å². The highest BCUT2D eigenvalue weighted by molar-refractivity contribution is 5.78. The van der Waals surface area contributed by atoms with Crippen molar-refractivity contribution in [3.63, 3.8) is 0 Å². The van der Waals surface area contributed by atoms with Gasteiger partial charge in [-0.2, -0.15) is 0 Å². The van der Waals surface area contributed by atoms with E-state index in [1.54, 1.807) is 0 Å². The van der Waals surface area contributed by atoms with Crippen LogP contribution in [-0.4, -0.2) is 44.2 Å². The maximum absolute atomic E-state index is 5.34. The molecule has 0 atom stereocenters. The fraction of sp³-hybridized carbons (Fsp3) is 0.889. The summed E-state index contributed by atoms with van der Waals surface area (Å²) >= 11 is 0. The molecule has 5 nitrogen and oxygen atoms in total. The molecule has 0 spiro atoms. The number of hydrogen-bond acceptors (Lipinski definition) is 3. The van der Waals surface area contributed by atoms with Crippen LogP contribution < -0.4 is 11.3 Å². The molecule has 0 aromatic rings. The highest BCUT2D eigenvalue weighted by atomic mass is 16.5. The molecule has 0 aromatic carbocycles. The molecule has 84 valence electrons. The van der Waals surface area contributed by atoms with Crippen LogP contribution >= 0.6 is 0 Å². The first-order chi connectivity index (χ1) is 6.76. The number of nitrogens with zero attached hydrogens (tertiary/aromatic N) is 2. The monoisotopic (exact) mass is 202 g/mol. The lowest BCUT2D eigenvalue weighted by atomic mass is 10.4. The van der Waals surface area contributed by atoms with E-state index in [1.807, 2.05) is 25.8 Å². The van der Waals surface area contributed by atoms with E-state index >= 15 is 0 Å². The number of hydrazine groups is 1. The molecule has 0 aliphatic heterocycles. The van der Waals surface area contributed by atoms with Gasteiger partial charge < -0.3 is 9.64 Å². The summed E-state index contributed by atoms with van der Waals surface area (Å²) in [5.74, 6) is 6.06. The summed E-state index contributed by atoms with van der Waals surface area (Å²) in [7, 11) is 1.95. The third-order valence-electron chi connectivity index (χ3n) is 1.88. The van der Waals surface area contributed by atoms with Crippen LogP contribution in [0.5, 0.6) is 0 Å². The third-order valence-corrected chi connectivity index (χ3v) is 1.88. The summed E-state index contributed by atoms with van der Waals surface area (Å²) in [5.41, 5.74) is 2.58. The molecule has 0 amide bonds. The van der Waals surface area contributed by atoms with E-state index < -0.39 is 0 Å². The Labute approximate surface area is 86.3 Å². The summed E-state index contributed by atoms with van der Waals surface area (Å²) in [6, 6.07) is 0. The SMILES string of the molecule is CCOCCCN=C(NN)N(C)CC. The van der Waals surface area contributed by atoms with Gasteiger partial charge in [-0.1, -0.05) is 0 Å². The second-order valence-corrected chi connectivity index (χ2v) is 2.91. The third kappa shape index (κ3) is 5.77. The van der Waals surface area contributed by atoms with Crippen LogP contribution in [0.25, 0.3) is 0 Å². The minimum absolute atomic E-state index is 0.726. The van der Waals surface area contributed by atoms with Gasteiger partial charge in [0.1, 0.15) is 0 Å². The van der Waals surface area contributed by atoms with E-state index in [9.17, 15) is 0 Å². The normalized spacial score (nSPS) is 11.6. The predicted molar refractivity (Wildman–Crippen MR) is 59.0 cm³/mol. The summed E-state index contributed by atoms with van der Waals surface area (Å²) < 4.78 is 5.20. The number of nitrogens with one attached hydrogen (secondary N) is 1. The standard InChI is InChI=1S/C9H22N4O/c1-4-13(3)9(12-10)11-7-6-8-14-5-2/h4-8,10H2,1-3H3,(H,11,12). The van der Waals surface area contributed by atoms with Gasteiger partial charge in [-0.05, 0) is 20.3 Å². The van der Waals surface area contributed by atoms with Gasteiger partial charge in [0.25, 0.3) is 0 Å². The molecule has 14 heavy (non-hydrogen) atoms. The van der Waals surface area contributed by atoms with Crippen LogP contribution in [-0.2, 0) is 4.74 Å². The van der Waals surface area contributed by atoms with Gasteiger partial charge in [-0.3, -0.25) is 10.4 Å². The first-order valence-corrected chi connectivity index (χ1v) is 5.06. The quantitative estimate of drug-likeness (QED) is 0.212. The minimum atomic E-state index is 0.726. The van der Waals surface area contributed by atoms with Gasteiger partial charge in [0.15, 0.2) is 0 Å². The van der Waals surface area contributed by atoms with Gasteiger partial charge in [0.2, 0.25) is 5.96 Å². The Balaban J connectivity index is 3.70. The molecular formula is C9H22N4O. The molecule has 0 saturated carbocycles. The number of ether oxygens (including phenoxy) is 1. The van der Waals surface area contributed by atoms with Crippen LogP contribution in [0, 0.1) is 0 Å². The summed E-state index contributed by atoms with van der Waals surface area (Å²) in [6.07, 6.45) is 0.927. The molecule has 5 heteroatoms. The molecule has 3 N–H and O–H groups in total. The highest BCUT2D eigenvalue weighted by Gasteiger charge is 1.99. The van der Waals surface area contributed by atoms with E-state index in [2.05, 4.69) is 10.4 Å². The Morgan fingerprint density at radius 2 is 2.21 bits per heavy atom. The zero-order valence-corrected chi connectivity index (χ0v) is 9.42. The number of guanidine groups is 1. The second kappa shape index (κ2) is 8.77. The zero-order chi connectivity index (χ0) is 10.8. The van der Waals surface area contributed by atoms with E-state index in [0.717, 1.165) is 38.7 Å². The van der Waals surface area contributed by atoms with Crippen LogP contribution in [0.15, 0.2) is 4.99 Å². The van der Waals surface area contributed by atoms with Crippen molar-refractivity contribution in [1.29, 1.82) is 0 Å². The molecule has 0 radical (unpaired) electrons. The van der Waals surface area contributed by atoms with Gasteiger partial charge in [0.05, 0.1) is 0 Å². The Kier molecular flexibility index (Phi) is 8.27. The largest absolute Gasteiger partial charge is 0.382 e. The first-order valence-electron chi connectivity index (χ1n) is 5.06. The van der Waals surface area contributed by atoms with Crippen molar-refractivity contribution in [3.8, 4) is 0 Å². The van der Waals surface area contributed by atoms with Gasteiger partial charge in [-0.15, -0.1) is 0 Å². The fourth-order valence-corrected chi connectivity index (χ4v) is 0.922. The van der Waals surface area contributed by atoms with Crippen molar-refractivity contribution >= 4 is 5.96 Å². The van der Waals surface area contributed by atoms with Crippen molar-refractivity contribution in [2.75, 3.05) is 33.4 Å². The predicted octanol–water partition coefficient (Wildman–Crippen LogP) is 0.184. The number of rotatable bonds is 6. The lowest BCUT2D eigenvalue weighted by Crippen LogP contribution is -2.42. The number of aliphatic imine (C=N–C) groups is 1. The molecule has 0 aliphatic carbocycles. The van der Waals surface area contributed by atoms with E-state index in [-0.39, 0.29) is 0 Å². The smallest absolute Gasteiger partial charge is 0.208 e. The Hall–Kier alpha value is -0.810.